The molecule has 186 valence electrons. The fourth-order valence-corrected chi connectivity index (χ4v) is 6.16. The second kappa shape index (κ2) is 7.43. The van der Waals surface area contributed by atoms with Gasteiger partial charge < -0.3 is 25.0 Å². The Balaban J connectivity index is 1.61. The summed E-state index contributed by atoms with van der Waals surface area (Å²) >= 11 is 0. The van der Waals surface area contributed by atoms with Crippen molar-refractivity contribution in [2.45, 2.75) is 69.7 Å². The Morgan fingerprint density at radius 2 is 2.00 bits per heavy atom. The van der Waals surface area contributed by atoms with Gasteiger partial charge in [0.25, 0.3) is 5.91 Å². The molecule has 35 heavy (non-hydrogen) atoms. The van der Waals surface area contributed by atoms with Crippen LogP contribution in [0.25, 0.3) is 6.08 Å². The fourth-order valence-electron chi connectivity index (χ4n) is 6.16. The molecule has 3 atom stereocenters. The first-order chi connectivity index (χ1) is 16.4. The van der Waals surface area contributed by atoms with Gasteiger partial charge in [0.2, 0.25) is 17.5 Å². The Labute approximate surface area is 205 Å². The maximum absolute atomic E-state index is 13.9. The van der Waals surface area contributed by atoms with Crippen LogP contribution in [0.15, 0.2) is 30.9 Å². The summed E-state index contributed by atoms with van der Waals surface area (Å²) in [6, 6.07) is 2.91. The van der Waals surface area contributed by atoms with E-state index in [0.29, 0.717) is 30.8 Å². The van der Waals surface area contributed by atoms with Crippen molar-refractivity contribution in [2.24, 2.45) is 5.41 Å². The van der Waals surface area contributed by atoms with Crippen LogP contribution in [-0.4, -0.2) is 53.6 Å². The Morgan fingerprint density at radius 1 is 1.26 bits per heavy atom. The van der Waals surface area contributed by atoms with Gasteiger partial charge in [-0.3, -0.25) is 14.4 Å². The Hall–Kier alpha value is -3.13. The molecule has 0 bridgehead atoms. The van der Waals surface area contributed by atoms with Gasteiger partial charge in [0.15, 0.2) is 0 Å². The van der Waals surface area contributed by atoms with Crippen molar-refractivity contribution in [2.75, 3.05) is 19.0 Å². The van der Waals surface area contributed by atoms with E-state index in [9.17, 15) is 14.4 Å². The number of fused-ring (bicyclic) bond motifs is 4. The lowest BCUT2D eigenvalue weighted by Gasteiger charge is -2.47. The van der Waals surface area contributed by atoms with Crippen LogP contribution in [0.2, 0.25) is 0 Å². The van der Waals surface area contributed by atoms with Crippen molar-refractivity contribution >= 4 is 29.5 Å². The number of carbonyl (C=O) groups excluding carboxylic acids is 3. The van der Waals surface area contributed by atoms with Crippen molar-refractivity contribution in [1.82, 2.24) is 10.2 Å². The third kappa shape index (κ3) is 3.05. The zero-order valence-corrected chi connectivity index (χ0v) is 21.0. The third-order valence-electron chi connectivity index (χ3n) is 8.33. The average molecular weight is 480 g/mol. The van der Waals surface area contributed by atoms with Crippen molar-refractivity contribution < 1.29 is 23.9 Å². The van der Waals surface area contributed by atoms with Crippen molar-refractivity contribution in [1.29, 1.82) is 0 Å². The fraction of sp³-hybridized carbons (Fsp3) is 0.519. The standard InChI is InChI=1S/C27H33N3O5/c1-7-24(2,3)26(15-18-21(31)30-14-8-12-27(30,34-6)23(33)28-18)17-9-10-19-16(20(17)29-22(26)32)11-13-25(4,5)35-19/h7,9-11,13,18H,1,8,12,14-15H2,2-6H3,(H,28,33)(H,29,32)/t18-,26-,27-/m0/s1. The minimum absolute atomic E-state index is 0.0978. The SMILES string of the molecule is C=CC(C)(C)[C@]1(C[C@@H]2NC(=O)[C@@]3(OC)CCCN3C2=O)C(=O)Nc2c1ccc1c2C=CC(C)(C)O1. The summed E-state index contributed by atoms with van der Waals surface area (Å²) in [6.07, 6.45) is 6.92. The Kier molecular flexibility index (Phi) is 5.01. The predicted molar refractivity (Wildman–Crippen MR) is 132 cm³/mol. The van der Waals surface area contributed by atoms with E-state index >= 15 is 0 Å². The summed E-state index contributed by atoms with van der Waals surface area (Å²) in [5.74, 6) is -0.104. The van der Waals surface area contributed by atoms with Gasteiger partial charge in [-0.2, -0.15) is 0 Å². The molecule has 5 rings (SSSR count). The molecule has 0 saturated carbocycles. The number of rotatable bonds is 5. The largest absolute Gasteiger partial charge is 0.483 e. The number of anilines is 1. The zero-order chi connectivity index (χ0) is 25.4. The van der Waals surface area contributed by atoms with Crippen LogP contribution < -0.4 is 15.4 Å². The van der Waals surface area contributed by atoms with Crippen molar-refractivity contribution in [3.05, 3.63) is 42.0 Å². The van der Waals surface area contributed by atoms with Crippen LogP contribution >= 0.6 is 0 Å². The van der Waals surface area contributed by atoms with Crippen LogP contribution in [0.1, 0.15) is 58.1 Å². The lowest BCUT2D eigenvalue weighted by molar-refractivity contribution is -0.184. The Morgan fingerprint density at radius 3 is 2.69 bits per heavy atom. The molecule has 1 aromatic carbocycles. The van der Waals surface area contributed by atoms with Crippen LogP contribution in [0.3, 0.4) is 0 Å². The van der Waals surface area contributed by atoms with E-state index in [-0.39, 0.29) is 24.1 Å². The van der Waals surface area contributed by atoms with Gasteiger partial charge in [0.1, 0.15) is 17.4 Å². The summed E-state index contributed by atoms with van der Waals surface area (Å²) < 4.78 is 11.7. The molecule has 0 spiro atoms. The molecule has 2 fully saturated rings. The molecule has 2 N–H and O–H groups in total. The first kappa shape index (κ1) is 23.6. The van der Waals surface area contributed by atoms with Crippen molar-refractivity contribution in [3.63, 3.8) is 0 Å². The zero-order valence-electron chi connectivity index (χ0n) is 21.0. The topological polar surface area (TPSA) is 97.0 Å². The number of allylic oxidation sites excluding steroid dienone is 1. The number of hydrogen-bond donors (Lipinski definition) is 2. The monoisotopic (exact) mass is 479 g/mol. The number of hydrogen-bond acceptors (Lipinski definition) is 5. The predicted octanol–water partition coefficient (Wildman–Crippen LogP) is 3.13. The number of carbonyl (C=O) groups is 3. The normalized spacial score (nSPS) is 30.7. The number of benzene rings is 1. The van der Waals surface area contributed by atoms with Gasteiger partial charge in [0.05, 0.1) is 11.1 Å². The van der Waals surface area contributed by atoms with Crippen LogP contribution in [0.5, 0.6) is 5.75 Å². The molecule has 4 heterocycles. The van der Waals surface area contributed by atoms with E-state index in [2.05, 4.69) is 17.2 Å². The Bertz CT molecular complexity index is 1190. The molecule has 0 radical (unpaired) electrons. The molecule has 0 aromatic heterocycles. The second-order valence-electron chi connectivity index (χ2n) is 11.0. The number of nitrogens with zero attached hydrogens (tertiary/aromatic N) is 1. The molecule has 8 heteroatoms. The second-order valence-corrected chi connectivity index (χ2v) is 11.0. The van der Waals surface area contributed by atoms with E-state index in [1.165, 1.54) is 12.0 Å². The molecule has 2 saturated heterocycles. The maximum atomic E-state index is 13.9. The number of methoxy groups -OCH3 is 1. The quantitative estimate of drug-likeness (QED) is 0.633. The first-order valence-electron chi connectivity index (χ1n) is 12.1. The highest BCUT2D eigenvalue weighted by Gasteiger charge is 2.61. The summed E-state index contributed by atoms with van der Waals surface area (Å²) in [7, 11) is 1.45. The van der Waals surface area contributed by atoms with E-state index in [0.717, 1.165) is 11.1 Å². The molecule has 4 aliphatic heterocycles. The highest BCUT2D eigenvalue weighted by Crippen LogP contribution is 2.56. The van der Waals surface area contributed by atoms with Crippen molar-refractivity contribution in [3.8, 4) is 5.75 Å². The highest BCUT2D eigenvalue weighted by molar-refractivity contribution is 6.10. The lowest BCUT2D eigenvalue weighted by atomic mass is 9.59. The molecule has 8 nitrogen and oxygen atoms in total. The van der Waals surface area contributed by atoms with E-state index in [1.807, 2.05) is 52.0 Å². The third-order valence-corrected chi connectivity index (χ3v) is 8.33. The number of nitrogens with one attached hydrogen (secondary N) is 2. The van der Waals surface area contributed by atoms with Gasteiger partial charge >= 0.3 is 0 Å². The molecule has 0 unspecified atom stereocenters. The van der Waals surface area contributed by atoms with Crippen LogP contribution in [0, 0.1) is 5.41 Å². The molecule has 0 aliphatic carbocycles. The minimum Gasteiger partial charge on any atom is -0.483 e. The molecule has 4 aliphatic rings. The summed E-state index contributed by atoms with van der Waals surface area (Å²) in [6.45, 7) is 12.3. The maximum Gasteiger partial charge on any atom is 0.274 e. The summed E-state index contributed by atoms with van der Waals surface area (Å²) in [5, 5.41) is 5.98. The molecule has 3 amide bonds. The van der Waals surface area contributed by atoms with Gasteiger partial charge in [-0.1, -0.05) is 26.0 Å². The lowest BCUT2D eigenvalue weighted by Crippen LogP contribution is -2.70. The van der Waals surface area contributed by atoms with Gasteiger partial charge in [-0.05, 0) is 50.5 Å². The molecular formula is C27H33N3O5. The smallest absolute Gasteiger partial charge is 0.274 e. The summed E-state index contributed by atoms with van der Waals surface area (Å²) in [5.41, 5.74) is -1.35. The number of amides is 3. The van der Waals surface area contributed by atoms with E-state index < -0.39 is 28.2 Å². The van der Waals surface area contributed by atoms with E-state index in [4.69, 9.17) is 9.47 Å². The first-order valence-corrected chi connectivity index (χ1v) is 12.1. The van der Waals surface area contributed by atoms with Gasteiger partial charge in [0, 0.05) is 31.1 Å². The number of ether oxygens (including phenoxy) is 2. The average Bonchev–Trinajstić information content (AvgIpc) is 3.37. The summed E-state index contributed by atoms with van der Waals surface area (Å²) in [4.78, 5) is 42.2. The minimum atomic E-state index is -1.27. The van der Waals surface area contributed by atoms with Gasteiger partial charge in [-0.15, -0.1) is 6.58 Å². The van der Waals surface area contributed by atoms with E-state index in [1.54, 1.807) is 6.08 Å². The highest BCUT2D eigenvalue weighted by atomic mass is 16.5. The van der Waals surface area contributed by atoms with Crippen LogP contribution in [-0.2, 0) is 24.5 Å². The molecule has 1 aromatic rings. The van der Waals surface area contributed by atoms with Gasteiger partial charge in [-0.25, -0.2) is 0 Å². The van der Waals surface area contributed by atoms with Crippen LogP contribution in [0.4, 0.5) is 5.69 Å². The molecular weight excluding hydrogens is 446 g/mol. The number of piperazine rings is 1.